The predicted molar refractivity (Wildman–Crippen MR) is 149 cm³/mol. The van der Waals surface area contributed by atoms with Crippen molar-refractivity contribution in [3.8, 4) is 0 Å². The number of para-hydroxylation sites is 2. The Morgan fingerprint density at radius 2 is 1.00 bits per heavy atom. The first kappa shape index (κ1) is 26.2. The molecule has 2 N–H and O–H groups in total. The molecule has 9 heteroatoms. The summed E-state index contributed by atoms with van der Waals surface area (Å²) in [5.41, 5.74) is 3.20. The molecule has 0 fully saturated rings. The van der Waals surface area contributed by atoms with Crippen molar-refractivity contribution in [2.24, 2.45) is 0 Å². The Kier molecular flexibility index (Phi) is 8.75. The van der Waals surface area contributed by atoms with Crippen LogP contribution >= 0.6 is 22.7 Å². The second-order valence-corrected chi connectivity index (χ2v) is 9.69. The minimum absolute atomic E-state index is 0. The standard InChI is InChI=1S/2C14H10N2OS.Co/c2*17-12-7-3-1-5-10(12)9-15-14-16-11-6-2-4-8-13(11)18-14;/h2*1-9H,(H,15,16);/b2*10-9-;. The van der Waals surface area contributed by atoms with Crippen LogP contribution in [0.25, 0.3) is 20.4 Å². The summed E-state index contributed by atoms with van der Waals surface area (Å²) in [6.45, 7) is 0. The van der Waals surface area contributed by atoms with E-state index in [9.17, 15) is 9.59 Å². The first-order valence-electron chi connectivity index (χ1n) is 11.1. The molecule has 2 heterocycles. The monoisotopic (exact) mass is 567 g/mol. The molecular weight excluding hydrogens is 547 g/mol. The van der Waals surface area contributed by atoms with Gasteiger partial charge in [-0.1, -0.05) is 71.2 Å². The molecule has 2 aromatic carbocycles. The molecule has 4 aromatic rings. The van der Waals surface area contributed by atoms with Crippen molar-refractivity contribution in [1.82, 2.24) is 9.97 Å². The van der Waals surface area contributed by atoms with E-state index >= 15 is 0 Å². The molecule has 2 aliphatic carbocycles. The number of carbonyl (C=O) groups is 2. The average molecular weight is 568 g/mol. The predicted octanol–water partition coefficient (Wildman–Crippen LogP) is 6.57. The molecule has 0 atom stereocenters. The van der Waals surface area contributed by atoms with Crippen molar-refractivity contribution >= 4 is 64.9 Å². The van der Waals surface area contributed by atoms with E-state index in [1.807, 2.05) is 60.7 Å². The molecule has 6 nitrogen and oxygen atoms in total. The Morgan fingerprint density at radius 3 is 1.41 bits per heavy atom. The van der Waals surface area contributed by atoms with Crippen LogP contribution in [0.1, 0.15) is 0 Å². The molecule has 2 aromatic heterocycles. The summed E-state index contributed by atoms with van der Waals surface area (Å²) in [7, 11) is 0. The van der Waals surface area contributed by atoms with Crippen LogP contribution in [0.3, 0.4) is 0 Å². The molecule has 6 rings (SSSR count). The molecule has 37 heavy (non-hydrogen) atoms. The fraction of sp³-hybridized carbons (Fsp3) is 0. The van der Waals surface area contributed by atoms with Crippen molar-refractivity contribution in [3.05, 3.63) is 121 Å². The van der Waals surface area contributed by atoms with E-state index in [1.54, 1.807) is 71.5 Å². The molecule has 185 valence electrons. The van der Waals surface area contributed by atoms with Crippen LogP contribution in [0, 0.1) is 0 Å². The van der Waals surface area contributed by atoms with Gasteiger partial charge in [-0.2, -0.15) is 0 Å². The Morgan fingerprint density at radius 1 is 0.595 bits per heavy atom. The number of nitrogens with one attached hydrogen (secondary N) is 2. The van der Waals surface area contributed by atoms with Crippen LogP contribution in [-0.2, 0) is 26.4 Å². The van der Waals surface area contributed by atoms with Gasteiger partial charge in [0.25, 0.3) is 0 Å². The van der Waals surface area contributed by atoms with Gasteiger partial charge in [0.05, 0.1) is 20.4 Å². The van der Waals surface area contributed by atoms with Gasteiger partial charge in [0.2, 0.25) is 0 Å². The second-order valence-electron chi connectivity index (χ2n) is 7.63. The van der Waals surface area contributed by atoms with E-state index in [4.69, 9.17) is 0 Å². The number of thiazole rings is 2. The molecule has 0 aliphatic heterocycles. The Bertz CT molecular complexity index is 1450. The number of hydrogen-bond acceptors (Lipinski definition) is 8. The van der Waals surface area contributed by atoms with E-state index in [0.717, 1.165) is 30.7 Å². The van der Waals surface area contributed by atoms with Crippen LogP contribution < -0.4 is 10.6 Å². The number of ketones is 2. The van der Waals surface area contributed by atoms with Crippen LogP contribution in [-0.4, -0.2) is 21.5 Å². The average Bonchev–Trinajstić information content (AvgIpc) is 3.51. The van der Waals surface area contributed by atoms with Gasteiger partial charge < -0.3 is 10.6 Å². The molecule has 0 unspecified atom stereocenters. The zero-order valence-electron chi connectivity index (χ0n) is 19.3. The van der Waals surface area contributed by atoms with Crippen molar-refractivity contribution < 1.29 is 26.4 Å². The van der Waals surface area contributed by atoms with Gasteiger partial charge in [-0.05, 0) is 48.6 Å². The van der Waals surface area contributed by atoms with Crippen LogP contribution in [0.2, 0.25) is 0 Å². The summed E-state index contributed by atoms with van der Waals surface area (Å²) in [5.74, 6) is 0.0113. The van der Waals surface area contributed by atoms with Gasteiger partial charge in [-0.25, -0.2) is 9.97 Å². The Hall–Kier alpha value is -3.89. The van der Waals surface area contributed by atoms with Crippen LogP contribution in [0.15, 0.2) is 121 Å². The maximum Gasteiger partial charge on any atom is 0.187 e. The summed E-state index contributed by atoms with van der Waals surface area (Å²) in [6, 6.07) is 15.9. The van der Waals surface area contributed by atoms with E-state index in [2.05, 4.69) is 20.6 Å². The van der Waals surface area contributed by atoms with Crippen molar-refractivity contribution in [2.45, 2.75) is 0 Å². The third kappa shape index (κ3) is 6.66. The number of benzene rings is 2. The molecule has 0 saturated carbocycles. The Balaban J connectivity index is 0.000000168. The smallest absolute Gasteiger partial charge is 0.187 e. The number of anilines is 2. The molecule has 0 bridgehead atoms. The summed E-state index contributed by atoms with van der Waals surface area (Å²) in [6.07, 6.45) is 17.2. The number of rotatable bonds is 4. The Labute approximate surface area is 231 Å². The number of allylic oxidation sites excluding steroid dienone is 10. The zero-order chi connectivity index (χ0) is 24.7. The van der Waals surface area contributed by atoms with Crippen LogP contribution in [0.4, 0.5) is 10.3 Å². The first-order valence-corrected chi connectivity index (χ1v) is 12.7. The van der Waals surface area contributed by atoms with E-state index in [1.165, 1.54) is 0 Å². The van der Waals surface area contributed by atoms with Crippen molar-refractivity contribution in [2.75, 3.05) is 10.6 Å². The molecule has 2 aliphatic rings. The van der Waals surface area contributed by atoms with Crippen LogP contribution in [0.5, 0.6) is 0 Å². The van der Waals surface area contributed by atoms with Crippen molar-refractivity contribution in [3.63, 3.8) is 0 Å². The van der Waals surface area contributed by atoms with Gasteiger partial charge in [-0.3, -0.25) is 9.59 Å². The van der Waals surface area contributed by atoms with Gasteiger partial charge in [0.15, 0.2) is 21.8 Å². The van der Waals surface area contributed by atoms with E-state index < -0.39 is 0 Å². The fourth-order valence-corrected chi connectivity index (χ4v) is 5.02. The fourth-order valence-electron chi connectivity index (χ4n) is 3.35. The topological polar surface area (TPSA) is 84.0 Å². The molecule has 0 spiro atoms. The van der Waals surface area contributed by atoms with Gasteiger partial charge in [0.1, 0.15) is 0 Å². The SMILES string of the molecule is O=C1C=CC=C/C1=C/Nc1nc2ccccc2s1.O=C1C=CC=C/C1=C/Nc1nc2ccccc2s1.[Co]. The molecule has 0 saturated heterocycles. The maximum absolute atomic E-state index is 11.5. The normalized spacial score (nSPS) is 16.2. The summed E-state index contributed by atoms with van der Waals surface area (Å²) >= 11 is 3.13. The van der Waals surface area contributed by atoms with Gasteiger partial charge in [-0.15, -0.1) is 0 Å². The van der Waals surface area contributed by atoms with Gasteiger partial charge >= 0.3 is 0 Å². The number of carbonyl (C=O) groups excluding carboxylic acids is 2. The van der Waals surface area contributed by atoms with Gasteiger partial charge in [0, 0.05) is 40.3 Å². The minimum atomic E-state index is 0. The van der Waals surface area contributed by atoms with E-state index in [0.29, 0.717) is 11.1 Å². The summed E-state index contributed by atoms with van der Waals surface area (Å²) in [5, 5.41) is 7.73. The second kappa shape index (κ2) is 12.4. The molecule has 0 amide bonds. The largest absolute Gasteiger partial charge is 0.337 e. The first-order chi connectivity index (χ1) is 17.7. The number of aromatic nitrogens is 2. The van der Waals surface area contributed by atoms with E-state index in [-0.39, 0.29) is 28.3 Å². The number of fused-ring (bicyclic) bond motifs is 2. The number of nitrogens with zero attached hydrogens (tertiary/aromatic N) is 2. The summed E-state index contributed by atoms with van der Waals surface area (Å²) in [4.78, 5) is 31.9. The third-order valence-electron chi connectivity index (χ3n) is 5.13. The third-order valence-corrected chi connectivity index (χ3v) is 7.06. The molecule has 1 radical (unpaired) electrons. The zero-order valence-corrected chi connectivity index (χ0v) is 21.9. The number of hydrogen-bond donors (Lipinski definition) is 2. The summed E-state index contributed by atoms with van der Waals surface area (Å²) < 4.78 is 2.26. The maximum atomic E-state index is 11.5. The molecular formula is C28H20CoN4O2S2. The minimum Gasteiger partial charge on any atom is -0.337 e. The van der Waals surface area contributed by atoms with Crippen molar-refractivity contribution in [1.29, 1.82) is 0 Å². The quantitative estimate of drug-likeness (QED) is 0.272.